The molecule has 1 aliphatic rings. The highest BCUT2D eigenvalue weighted by atomic mass is 32.1. The quantitative estimate of drug-likeness (QED) is 0.743. The summed E-state index contributed by atoms with van der Waals surface area (Å²) >= 11 is 4.97. The molecular weight excluding hydrogens is 194 g/mol. The van der Waals surface area contributed by atoms with Gasteiger partial charge in [-0.15, -0.1) is 0 Å². The fourth-order valence-corrected chi connectivity index (χ4v) is 1.96. The molecule has 0 bridgehead atoms. The van der Waals surface area contributed by atoms with Crippen LogP contribution in [0.2, 0.25) is 0 Å². The van der Waals surface area contributed by atoms with Crippen molar-refractivity contribution in [2.75, 3.05) is 18.0 Å². The standard InChI is InChI=1S/C10H13N3S/c11-10(14)9-8(4-3-5-12-9)13-6-1-2-7-13/h3-5H,1-2,6-7H2,(H2,11,14). The van der Waals surface area contributed by atoms with Gasteiger partial charge in [-0.25, -0.2) is 0 Å². The molecule has 2 rings (SSSR count). The minimum Gasteiger partial charge on any atom is -0.388 e. The molecule has 1 aromatic rings. The molecule has 0 saturated carbocycles. The lowest BCUT2D eigenvalue weighted by Gasteiger charge is -2.19. The summed E-state index contributed by atoms with van der Waals surface area (Å²) in [6, 6.07) is 3.96. The number of thiocarbonyl (C=S) groups is 1. The fraction of sp³-hybridized carbons (Fsp3) is 0.400. The summed E-state index contributed by atoms with van der Waals surface area (Å²) in [7, 11) is 0. The van der Waals surface area contributed by atoms with E-state index >= 15 is 0 Å². The van der Waals surface area contributed by atoms with Gasteiger partial charge >= 0.3 is 0 Å². The van der Waals surface area contributed by atoms with Gasteiger partial charge in [0.1, 0.15) is 10.7 Å². The van der Waals surface area contributed by atoms with Gasteiger partial charge in [-0.1, -0.05) is 12.2 Å². The van der Waals surface area contributed by atoms with Crippen LogP contribution in [0, 0.1) is 0 Å². The molecule has 0 spiro atoms. The third kappa shape index (κ3) is 1.70. The van der Waals surface area contributed by atoms with Crippen LogP contribution in [0.25, 0.3) is 0 Å². The van der Waals surface area contributed by atoms with E-state index in [1.165, 1.54) is 12.8 Å². The van der Waals surface area contributed by atoms with E-state index in [-0.39, 0.29) is 0 Å². The zero-order valence-corrected chi connectivity index (χ0v) is 8.76. The number of aromatic nitrogens is 1. The van der Waals surface area contributed by atoms with Crippen molar-refractivity contribution in [2.45, 2.75) is 12.8 Å². The highest BCUT2D eigenvalue weighted by Crippen LogP contribution is 2.22. The van der Waals surface area contributed by atoms with Crippen molar-refractivity contribution >= 4 is 22.9 Å². The molecule has 1 aliphatic heterocycles. The third-order valence-corrected chi connectivity index (χ3v) is 2.66. The maximum Gasteiger partial charge on any atom is 0.124 e. The zero-order valence-electron chi connectivity index (χ0n) is 7.94. The first-order chi connectivity index (χ1) is 6.79. The van der Waals surface area contributed by atoms with Crippen molar-refractivity contribution in [3.63, 3.8) is 0 Å². The van der Waals surface area contributed by atoms with Gasteiger partial charge in [0.2, 0.25) is 0 Å². The van der Waals surface area contributed by atoms with Crippen LogP contribution >= 0.6 is 12.2 Å². The molecule has 0 aromatic carbocycles. The minimum absolute atomic E-state index is 0.382. The predicted molar refractivity (Wildman–Crippen MR) is 61.6 cm³/mol. The number of nitrogens with zero attached hydrogens (tertiary/aromatic N) is 2. The summed E-state index contributed by atoms with van der Waals surface area (Å²) in [5.41, 5.74) is 7.46. The van der Waals surface area contributed by atoms with E-state index in [4.69, 9.17) is 18.0 Å². The smallest absolute Gasteiger partial charge is 0.124 e. The van der Waals surface area contributed by atoms with E-state index in [1.807, 2.05) is 12.1 Å². The summed E-state index contributed by atoms with van der Waals surface area (Å²) in [6.45, 7) is 2.17. The van der Waals surface area contributed by atoms with Gasteiger partial charge in [-0.3, -0.25) is 4.98 Å². The van der Waals surface area contributed by atoms with Crippen LogP contribution in [-0.4, -0.2) is 23.1 Å². The summed E-state index contributed by atoms with van der Waals surface area (Å²) in [4.78, 5) is 6.89. The molecule has 2 heterocycles. The highest BCUT2D eigenvalue weighted by Gasteiger charge is 2.16. The SMILES string of the molecule is NC(=S)c1ncccc1N1CCCC1. The van der Waals surface area contributed by atoms with Gasteiger partial charge in [-0.05, 0) is 25.0 Å². The van der Waals surface area contributed by atoms with E-state index in [0.717, 1.165) is 24.5 Å². The van der Waals surface area contributed by atoms with E-state index in [0.29, 0.717) is 4.99 Å². The third-order valence-electron chi connectivity index (χ3n) is 2.47. The van der Waals surface area contributed by atoms with E-state index in [2.05, 4.69) is 9.88 Å². The molecule has 1 fully saturated rings. The van der Waals surface area contributed by atoms with Gasteiger partial charge in [0.15, 0.2) is 0 Å². The topological polar surface area (TPSA) is 42.1 Å². The van der Waals surface area contributed by atoms with Crippen LogP contribution in [0.1, 0.15) is 18.5 Å². The second-order valence-electron chi connectivity index (χ2n) is 3.43. The molecule has 3 nitrogen and oxygen atoms in total. The van der Waals surface area contributed by atoms with Crippen molar-refractivity contribution in [3.05, 3.63) is 24.0 Å². The Kier molecular flexibility index (Phi) is 2.63. The summed E-state index contributed by atoms with van der Waals surface area (Å²) < 4.78 is 0. The Morgan fingerprint density at radius 1 is 1.43 bits per heavy atom. The number of pyridine rings is 1. The van der Waals surface area contributed by atoms with E-state index < -0.39 is 0 Å². The average Bonchev–Trinajstić information content (AvgIpc) is 2.70. The normalized spacial score (nSPS) is 15.9. The zero-order chi connectivity index (χ0) is 9.97. The fourth-order valence-electron chi connectivity index (χ4n) is 1.80. The van der Waals surface area contributed by atoms with Gasteiger partial charge in [-0.2, -0.15) is 0 Å². The molecule has 14 heavy (non-hydrogen) atoms. The number of hydrogen-bond acceptors (Lipinski definition) is 3. The number of hydrogen-bond donors (Lipinski definition) is 1. The predicted octanol–water partition coefficient (Wildman–Crippen LogP) is 1.32. The average molecular weight is 207 g/mol. The van der Waals surface area contributed by atoms with Crippen molar-refractivity contribution in [3.8, 4) is 0 Å². The lowest BCUT2D eigenvalue weighted by atomic mass is 10.2. The molecule has 0 radical (unpaired) electrons. The highest BCUT2D eigenvalue weighted by molar-refractivity contribution is 7.80. The Balaban J connectivity index is 2.35. The molecule has 0 atom stereocenters. The van der Waals surface area contributed by atoms with Gasteiger partial charge < -0.3 is 10.6 Å². The van der Waals surface area contributed by atoms with Crippen LogP contribution in [-0.2, 0) is 0 Å². The van der Waals surface area contributed by atoms with Gasteiger partial charge in [0.05, 0.1) is 5.69 Å². The Bertz CT molecular complexity index is 345. The van der Waals surface area contributed by atoms with Crippen LogP contribution < -0.4 is 10.6 Å². The molecule has 0 aliphatic carbocycles. The number of anilines is 1. The lowest BCUT2D eigenvalue weighted by Crippen LogP contribution is -2.23. The largest absolute Gasteiger partial charge is 0.388 e. The monoisotopic (exact) mass is 207 g/mol. The Hall–Kier alpha value is -1.16. The molecule has 2 N–H and O–H groups in total. The first kappa shape index (κ1) is 9.40. The van der Waals surface area contributed by atoms with Crippen molar-refractivity contribution in [1.82, 2.24) is 4.98 Å². The number of rotatable bonds is 2. The van der Waals surface area contributed by atoms with E-state index in [9.17, 15) is 0 Å². The second-order valence-corrected chi connectivity index (χ2v) is 3.87. The van der Waals surface area contributed by atoms with Crippen LogP contribution in [0.3, 0.4) is 0 Å². The summed E-state index contributed by atoms with van der Waals surface area (Å²) in [5.74, 6) is 0. The minimum atomic E-state index is 0.382. The maximum atomic E-state index is 5.62. The Morgan fingerprint density at radius 3 is 2.79 bits per heavy atom. The van der Waals surface area contributed by atoms with Crippen molar-refractivity contribution in [1.29, 1.82) is 0 Å². The van der Waals surface area contributed by atoms with Crippen LogP contribution in [0.15, 0.2) is 18.3 Å². The Morgan fingerprint density at radius 2 is 2.14 bits per heavy atom. The van der Waals surface area contributed by atoms with Crippen molar-refractivity contribution in [2.24, 2.45) is 5.73 Å². The van der Waals surface area contributed by atoms with E-state index in [1.54, 1.807) is 6.20 Å². The lowest BCUT2D eigenvalue weighted by molar-refractivity contribution is 0.949. The molecular formula is C10H13N3S. The molecule has 0 unspecified atom stereocenters. The van der Waals surface area contributed by atoms with Crippen LogP contribution in [0.5, 0.6) is 0 Å². The molecule has 1 aromatic heterocycles. The van der Waals surface area contributed by atoms with Gasteiger partial charge in [0.25, 0.3) is 0 Å². The Labute approximate surface area is 88.9 Å². The molecule has 74 valence electrons. The van der Waals surface area contributed by atoms with Crippen molar-refractivity contribution < 1.29 is 0 Å². The molecule has 1 saturated heterocycles. The second kappa shape index (κ2) is 3.92. The van der Waals surface area contributed by atoms with Crippen LogP contribution in [0.4, 0.5) is 5.69 Å². The molecule has 0 amide bonds. The summed E-state index contributed by atoms with van der Waals surface area (Å²) in [5, 5.41) is 0. The summed E-state index contributed by atoms with van der Waals surface area (Å²) in [6.07, 6.45) is 4.21. The number of nitrogens with two attached hydrogens (primary N) is 1. The molecule has 4 heteroatoms. The first-order valence-electron chi connectivity index (χ1n) is 4.79. The maximum absolute atomic E-state index is 5.62. The first-order valence-corrected chi connectivity index (χ1v) is 5.19. The van der Waals surface area contributed by atoms with Gasteiger partial charge in [0, 0.05) is 19.3 Å².